The third-order valence-corrected chi connectivity index (χ3v) is 6.76. The molecule has 1 aliphatic heterocycles. The van der Waals surface area contributed by atoms with Crippen LogP contribution in [0.25, 0.3) is 0 Å². The highest BCUT2D eigenvalue weighted by Gasteiger charge is 2.68. The van der Waals surface area contributed by atoms with E-state index in [1.807, 2.05) is 30.3 Å². The Labute approximate surface area is 181 Å². The van der Waals surface area contributed by atoms with E-state index >= 15 is 0 Å². The van der Waals surface area contributed by atoms with Crippen molar-refractivity contribution in [2.45, 2.75) is 37.8 Å². The van der Waals surface area contributed by atoms with Crippen molar-refractivity contribution in [2.24, 2.45) is 11.3 Å². The van der Waals surface area contributed by atoms with Gasteiger partial charge in [0, 0.05) is 13.1 Å². The average molecular weight is 456 g/mol. The van der Waals surface area contributed by atoms with Gasteiger partial charge < -0.3 is 10.2 Å². The zero-order valence-corrected chi connectivity index (χ0v) is 17.4. The van der Waals surface area contributed by atoms with Gasteiger partial charge in [-0.2, -0.15) is 26.3 Å². The minimum atomic E-state index is -4.94. The summed E-state index contributed by atoms with van der Waals surface area (Å²) in [7, 11) is 1.44. The van der Waals surface area contributed by atoms with E-state index < -0.39 is 34.9 Å². The minimum Gasteiger partial charge on any atom is -0.338 e. The van der Waals surface area contributed by atoms with Gasteiger partial charge >= 0.3 is 12.4 Å². The summed E-state index contributed by atoms with van der Waals surface area (Å²) in [6.07, 6.45) is -9.25. The fourth-order valence-corrected chi connectivity index (χ4v) is 4.79. The largest absolute Gasteiger partial charge is 0.416 e. The topological polar surface area (TPSA) is 32.3 Å². The van der Waals surface area contributed by atoms with Gasteiger partial charge in [0.15, 0.2) is 0 Å². The molecule has 1 N–H and O–H groups in total. The maximum Gasteiger partial charge on any atom is 0.416 e. The number of carbonyl (C=O) groups is 1. The molecule has 4 rings (SSSR count). The fraction of sp³-hybridized carbons (Fsp3) is 0.435. The molecule has 1 heterocycles. The van der Waals surface area contributed by atoms with Gasteiger partial charge in [0.25, 0.3) is 0 Å². The van der Waals surface area contributed by atoms with Crippen molar-refractivity contribution < 1.29 is 31.1 Å². The Balaban J connectivity index is 1.65. The van der Waals surface area contributed by atoms with Crippen LogP contribution in [0.3, 0.4) is 0 Å². The van der Waals surface area contributed by atoms with Crippen molar-refractivity contribution in [3.8, 4) is 0 Å². The van der Waals surface area contributed by atoms with Gasteiger partial charge in [0.1, 0.15) is 0 Å². The summed E-state index contributed by atoms with van der Waals surface area (Å²) >= 11 is 0. The van der Waals surface area contributed by atoms with Crippen molar-refractivity contribution in [3.63, 3.8) is 0 Å². The number of nitrogens with zero attached hydrogens (tertiary/aromatic N) is 1. The van der Waals surface area contributed by atoms with E-state index in [2.05, 4.69) is 5.32 Å². The lowest BCUT2D eigenvalue weighted by Crippen LogP contribution is -2.40. The van der Waals surface area contributed by atoms with Crippen LogP contribution in [0, 0.1) is 11.3 Å². The van der Waals surface area contributed by atoms with Crippen LogP contribution in [0.5, 0.6) is 0 Å². The SMILES string of the molecule is CC(c1cc(C(F)(F)F)cc(C(F)(F)F)c1)N(C)C(=O)C12CC1CNC2c1ccccc1. The molecule has 0 bridgehead atoms. The van der Waals surface area contributed by atoms with E-state index in [9.17, 15) is 31.1 Å². The monoisotopic (exact) mass is 456 g/mol. The normalized spacial score (nSPS) is 25.9. The minimum absolute atomic E-state index is 0.0853. The molecule has 1 saturated heterocycles. The van der Waals surface area contributed by atoms with Crippen molar-refractivity contribution in [2.75, 3.05) is 13.6 Å². The van der Waals surface area contributed by atoms with E-state index in [0.29, 0.717) is 25.1 Å². The van der Waals surface area contributed by atoms with E-state index in [1.165, 1.54) is 18.9 Å². The first-order valence-electron chi connectivity index (χ1n) is 10.2. The molecule has 1 aliphatic carbocycles. The zero-order chi connectivity index (χ0) is 23.5. The summed E-state index contributed by atoms with van der Waals surface area (Å²) in [4.78, 5) is 14.8. The maximum absolute atomic E-state index is 13.5. The number of amides is 1. The number of benzene rings is 2. The summed E-state index contributed by atoms with van der Waals surface area (Å²) in [6, 6.07) is 9.63. The summed E-state index contributed by atoms with van der Waals surface area (Å²) in [5, 5.41) is 3.34. The lowest BCUT2D eigenvalue weighted by Gasteiger charge is -2.32. The molecule has 172 valence electrons. The van der Waals surface area contributed by atoms with Crippen LogP contribution in [-0.2, 0) is 17.1 Å². The molecule has 2 aromatic carbocycles. The molecule has 1 amide bonds. The molecule has 0 spiro atoms. The van der Waals surface area contributed by atoms with Gasteiger partial charge in [-0.1, -0.05) is 30.3 Å². The number of hydrogen-bond donors (Lipinski definition) is 1. The predicted molar refractivity (Wildman–Crippen MR) is 105 cm³/mol. The van der Waals surface area contributed by atoms with Gasteiger partial charge in [0.05, 0.1) is 22.6 Å². The number of piperidine rings is 1. The van der Waals surface area contributed by atoms with Crippen LogP contribution < -0.4 is 5.32 Å². The third kappa shape index (κ3) is 3.76. The molecule has 32 heavy (non-hydrogen) atoms. The smallest absolute Gasteiger partial charge is 0.338 e. The quantitative estimate of drug-likeness (QED) is 0.608. The Bertz CT molecular complexity index is 987. The number of nitrogens with one attached hydrogen (secondary N) is 1. The second-order valence-corrected chi connectivity index (χ2v) is 8.62. The molecular weight excluding hydrogens is 434 g/mol. The van der Waals surface area contributed by atoms with Crippen LogP contribution in [0.1, 0.15) is 47.7 Å². The van der Waals surface area contributed by atoms with Gasteiger partial charge in [-0.15, -0.1) is 0 Å². The Hall–Kier alpha value is -2.55. The van der Waals surface area contributed by atoms with Gasteiger partial charge in [-0.25, -0.2) is 0 Å². The zero-order valence-electron chi connectivity index (χ0n) is 17.4. The Kier molecular flexibility index (Phi) is 5.31. The molecule has 9 heteroatoms. The number of rotatable bonds is 4. The van der Waals surface area contributed by atoms with E-state index in [-0.39, 0.29) is 29.5 Å². The highest BCUT2D eigenvalue weighted by molar-refractivity contribution is 5.88. The Morgan fingerprint density at radius 3 is 2.09 bits per heavy atom. The third-order valence-electron chi connectivity index (χ3n) is 6.76. The molecule has 2 fully saturated rings. The second kappa shape index (κ2) is 7.50. The molecule has 3 nitrogen and oxygen atoms in total. The average Bonchev–Trinajstić information content (AvgIpc) is 3.36. The van der Waals surface area contributed by atoms with Crippen molar-refractivity contribution in [3.05, 3.63) is 70.8 Å². The molecule has 0 aromatic heterocycles. The van der Waals surface area contributed by atoms with Gasteiger partial charge in [-0.05, 0) is 55.1 Å². The first-order valence-corrected chi connectivity index (χ1v) is 10.2. The molecule has 1 saturated carbocycles. The van der Waals surface area contributed by atoms with Gasteiger partial charge in [-0.3, -0.25) is 4.79 Å². The summed E-state index contributed by atoms with van der Waals surface area (Å²) in [5.41, 5.74) is -2.79. The van der Waals surface area contributed by atoms with E-state index in [4.69, 9.17) is 0 Å². The number of halogens is 6. The number of carbonyl (C=O) groups excluding carboxylic acids is 1. The lowest BCUT2D eigenvalue weighted by molar-refractivity contribution is -0.143. The molecule has 4 atom stereocenters. The molecule has 2 aromatic rings. The predicted octanol–water partition coefficient (Wildman–Crippen LogP) is 5.59. The van der Waals surface area contributed by atoms with Crippen molar-refractivity contribution >= 4 is 5.91 Å². The Morgan fingerprint density at radius 2 is 1.59 bits per heavy atom. The van der Waals surface area contributed by atoms with Crippen LogP contribution in [0.15, 0.2) is 48.5 Å². The van der Waals surface area contributed by atoms with E-state index in [0.717, 1.165) is 5.56 Å². The van der Waals surface area contributed by atoms with Crippen LogP contribution in [0.2, 0.25) is 0 Å². The lowest BCUT2D eigenvalue weighted by atomic mass is 9.88. The molecule has 4 unspecified atom stereocenters. The first-order chi connectivity index (χ1) is 14.9. The summed E-state index contributed by atoms with van der Waals surface area (Å²) in [6.45, 7) is 2.08. The number of alkyl halides is 6. The highest BCUT2D eigenvalue weighted by Crippen LogP contribution is 2.65. The Morgan fingerprint density at radius 1 is 1.03 bits per heavy atom. The number of hydrogen-bond acceptors (Lipinski definition) is 2. The summed E-state index contributed by atoms with van der Waals surface area (Å²) < 4.78 is 79.5. The molecule has 2 aliphatic rings. The van der Waals surface area contributed by atoms with Crippen molar-refractivity contribution in [1.29, 1.82) is 0 Å². The van der Waals surface area contributed by atoms with E-state index in [1.54, 1.807) is 0 Å². The van der Waals surface area contributed by atoms with Crippen LogP contribution >= 0.6 is 0 Å². The van der Waals surface area contributed by atoms with Crippen molar-refractivity contribution in [1.82, 2.24) is 10.2 Å². The molecular formula is C23H22F6N2O. The van der Waals surface area contributed by atoms with Crippen LogP contribution in [-0.4, -0.2) is 24.4 Å². The summed E-state index contributed by atoms with van der Waals surface area (Å²) in [5.74, 6) is -0.193. The van der Waals surface area contributed by atoms with Crippen LogP contribution in [0.4, 0.5) is 26.3 Å². The first kappa shape index (κ1) is 22.6. The molecule has 0 radical (unpaired) electrons. The van der Waals surface area contributed by atoms with Gasteiger partial charge in [0.2, 0.25) is 5.91 Å². The highest BCUT2D eigenvalue weighted by atomic mass is 19.4. The number of fused-ring (bicyclic) bond motifs is 1. The fourth-order valence-electron chi connectivity index (χ4n) is 4.79. The second-order valence-electron chi connectivity index (χ2n) is 8.62. The standard InChI is InChI=1S/C23H22F6N2O/c1-13(15-8-16(22(24,25)26)10-17(9-15)23(27,28)29)31(2)20(32)21-11-18(21)12-30-19(21)14-6-4-3-5-7-14/h3-10,13,18-19,30H,11-12H2,1-2H3. The maximum atomic E-state index is 13.5.